The molecule has 0 fully saturated rings. The maximum atomic E-state index is 13.6. The van der Waals surface area contributed by atoms with Crippen molar-refractivity contribution in [1.82, 2.24) is 10.2 Å². The van der Waals surface area contributed by atoms with Crippen LogP contribution in [0.4, 0.5) is 11.4 Å². The molecule has 1 atom stereocenters. The van der Waals surface area contributed by atoms with E-state index >= 15 is 0 Å². The maximum absolute atomic E-state index is 13.6. The number of carbonyl (C=O) groups is 2. The van der Waals surface area contributed by atoms with Gasteiger partial charge in [0.2, 0.25) is 5.91 Å². The number of nitrogens with zero attached hydrogens (tertiary/aromatic N) is 2. The first-order chi connectivity index (χ1) is 13.0. The fraction of sp³-hybridized carbons (Fsp3) is 0.150. The number of nitrogens with one attached hydrogen (secondary N) is 1. The topological polar surface area (TPSA) is 86.3 Å². The summed E-state index contributed by atoms with van der Waals surface area (Å²) < 4.78 is 0. The smallest absolute Gasteiger partial charge is 0.335 e. The zero-order chi connectivity index (χ0) is 18.8. The Morgan fingerprint density at radius 3 is 2.74 bits per heavy atom. The summed E-state index contributed by atoms with van der Waals surface area (Å²) in [5, 5.41) is 16.5. The number of carboxylic acids is 1. The Morgan fingerprint density at radius 1 is 1.19 bits per heavy atom. The molecule has 5 rings (SSSR count). The maximum Gasteiger partial charge on any atom is 0.335 e. The van der Waals surface area contributed by atoms with E-state index in [9.17, 15) is 14.7 Å². The molecule has 0 bridgehead atoms. The predicted octanol–water partition coefficient (Wildman–Crippen LogP) is 3.48. The molecule has 1 unspecified atom stereocenters. The van der Waals surface area contributed by atoms with Crippen LogP contribution in [-0.2, 0) is 23.1 Å². The van der Waals surface area contributed by atoms with E-state index in [1.54, 1.807) is 41.6 Å². The second-order valence-corrected chi connectivity index (χ2v) is 7.42. The Hall–Kier alpha value is -3.12. The minimum atomic E-state index is -0.969. The Kier molecular flexibility index (Phi) is 3.24. The van der Waals surface area contributed by atoms with Gasteiger partial charge < -0.3 is 5.11 Å². The number of fused-ring (bicyclic) bond motifs is 3. The van der Waals surface area contributed by atoms with E-state index in [1.165, 1.54) is 0 Å². The number of hydrogen-bond donors (Lipinski definition) is 2. The summed E-state index contributed by atoms with van der Waals surface area (Å²) in [6.07, 6.45) is 4.27. The first-order valence-corrected chi connectivity index (χ1v) is 8.86. The van der Waals surface area contributed by atoms with Crippen LogP contribution in [-0.4, -0.2) is 27.2 Å². The number of halogens is 1. The Balaban J connectivity index is 1.67. The average molecular weight is 380 g/mol. The zero-order valence-corrected chi connectivity index (χ0v) is 14.8. The van der Waals surface area contributed by atoms with Crippen LogP contribution in [0.3, 0.4) is 0 Å². The molecule has 1 aliphatic heterocycles. The number of amides is 1. The van der Waals surface area contributed by atoms with Crippen molar-refractivity contribution in [2.75, 3.05) is 4.90 Å². The van der Waals surface area contributed by atoms with Crippen molar-refractivity contribution in [2.45, 2.75) is 18.3 Å². The number of aromatic amines is 1. The van der Waals surface area contributed by atoms with Gasteiger partial charge in [0.25, 0.3) is 0 Å². The molecular weight excluding hydrogens is 366 g/mol. The Labute approximate surface area is 159 Å². The van der Waals surface area contributed by atoms with Gasteiger partial charge in [0, 0.05) is 11.2 Å². The highest BCUT2D eigenvalue weighted by Crippen LogP contribution is 2.52. The Morgan fingerprint density at radius 2 is 2.00 bits per heavy atom. The van der Waals surface area contributed by atoms with Gasteiger partial charge in [-0.1, -0.05) is 23.7 Å². The van der Waals surface area contributed by atoms with Crippen LogP contribution in [0, 0.1) is 0 Å². The molecule has 7 heteroatoms. The van der Waals surface area contributed by atoms with E-state index in [-0.39, 0.29) is 11.5 Å². The molecule has 3 aromatic rings. The summed E-state index contributed by atoms with van der Waals surface area (Å²) in [6, 6.07) is 10.6. The largest absolute Gasteiger partial charge is 0.478 e. The van der Waals surface area contributed by atoms with Crippen molar-refractivity contribution in [3.05, 3.63) is 76.1 Å². The molecule has 2 aromatic carbocycles. The van der Waals surface area contributed by atoms with Crippen LogP contribution in [0.2, 0.25) is 5.02 Å². The van der Waals surface area contributed by atoms with Crippen LogP contribution in [0.5, 0.6) is 0 Å². The molecule has 0 saturated heterocycles. The molecule has 27 heavy (non-hydrogen) atoms. The van der Waals surface area contributed by atoms with Gasteiger partial charge >= 0.3 is 5.97 Å². The highest BCUT2D eigenvalue weighted by Gasteiger charge is 2.54. The monoisotopic (exact) mass is 379 g/mol. The third-order valence-corrected chi connectivity index (χ3v) is 5.74. The number of carboxylic acid groups (broad SMARTS) is 1. The fourth-order valence-electron chi connectivity index (χ4n) is 4.31. The van der Waals surface area contributed by atoms with Gasteiger partial charge in [-0.05, 0) is 53.8 Å². The summed E-state index contributed by atoms with van der Waals surface area (Å²) in [7, 11) is 0. The molecule has 2 aliphatic rings. The van der Waals surface area contributed by atoms with Crippen molar-refractivity contribution in [3.8, 4) is 0 Å². The van der Waals surface area contributed by atoms with E-state index in [4.69, 9.17) is 11.6 Å². The second kappa shape index (κ2) is 5.44. The van der Waals surface area contributed by atoms with Crippen molar-refractivity contribution in [1.29, 1.82) is 0 Å². The molecule has 1 amide bonds. The van der Waals surface area contributed by atoms with Gasteiger partial charge in [0.1, 0.15) is 0 Å². The molecule has 2 heterocycles. The van der Waals surface area contributed by atoms with Crippen LogP contribution in [0.25, 0.3) is 0 Å². The Bertz CT molecular complexity index is 1110. The molecule has 0 saturated carbocycles. The lowest BCUT2D eigenvalue weighted by Gasteiger charge is -2.23. The number of aromatic nitrogens is 2. The quantitative estimate of drug-likeness (QED) is 0.713. The molecule has 1 aromatic heterocycles. The third-order valence-electron chi connectivity index (χ3n) is 5.51. The average Bonchev–Trinajstić information content (AvgIpc) is 3.33. The van der Waals surface area contributed by atoms with Crippen LogP contribution in [0.1, 0.15) is 27.0 Å². The van der Waals surface area contributed by atoms with Crippen molar-refractivity contribution >= 4 is 34.9 Å². The first kappa shape index (κ1) is 16.1. The lowest BCUT2D eigenvalue weighted by molar-refractivity contribution is -0.122. The number of aromatic carboxylic acids is 1. The molecule has 134 valence electrons. The molecule has 0 radical (unpaired) electrons. The first-order valence-electron chi connectivity index (χ1n) is 8.48. The molecule has 2 N–H and O–H groups in total. The van der Waals surface area contributed by atoms with E-state index < -0.39 is 11.4 Å². The lowest BCUT2D eigenvalue weighted by Crippen LogP contribution is -2.39. The van der Waals surface area contributed by atoms with Gasteiger partial charge in [-0.2, -0.15) is 5.10 Å². The summed E-state index contributed by atoms with van der Waals surface area (Å²) in [5.41, 5.74) is 3.70. The van der Waals surface area contributed by atoms with Gasteiger partial charge in [-0.15, -0.1) is 0 Å². The number of carbonyl (C=O) groups excluding carboxylic acids is 1. The molecule has 1 aliphatic carbocycles. The summed E-state index contributed by atoms with van der Waals surface area (Å²) in [4.78, 5) is 26.6. The molecular formula is C20H14ClN3O3. The van der Waals surface area contributed by atoms with E-state index in [2.05, 4.69) is 10.2 Å². The minimum Gasteiger partial charge on any atom is -0.478 e. The van der Waals surface area contributed by atoms with Crippen molar-refractivity contribution in [3.63, 3.8) is 0 Å². The third kappa shape index (κ3) is 2.16. The highest BCUT2D eigenvalue weighted by molar-refractivity contribution is 6.31. The van der Waals surface area contributed by atoms with E-state index in [0.29, 0.717) is 23.6 Å². The van der Waals surface area contributed by atoms with Gasteiger partial charge in [0.15, 0.2) is 0 Å². The summed E-state index contributed by atoms with van der Waals surface area (Å²) >= 11 is 6.21. The van der Waals surface area contributed by atoms with Crippen molar-refractivity contribution < 1.29 is 14.7 Å². The number of anilines is 2. The zero-order valence-electron chi connectivity index (χ0n) is 14.1. The van der Waals surface area contributed by atoms with E-state index in [0.717, 1.165) is 22.4 Å². The SMILES string of the molecule is O=C(O)c1ccc2c(c1)CC1(C2)C(=O)N(c2cn[nH]c2)c2cc(Cl)ccc21. The summed E-state index contributed by atoms with van der Waals surface area (Å²) in [6.45, 7) is 0. The predicted molar refractivity (Wildman–Crippen MR) is 99.7 cm³/mol. The number of benzene rings is 2. The lowest BCUT2D eigenvalue weighted by atomic mass is 9.79. The van der Waals surface area contributed by atoms with Gasteiger partial charge in [0.05, 0.1) is 28.6 Å². The van der Waals surface area contributed by atoms with E-state index in [1.807, 2.05) is 12.1 Å². The van der Waals surface area contributed by atoms with Crippen molar-refractivity contribution in [2.24, 2.45) is 0 Å². The fourth-order valence-corrected chi connectivity index (χ4v) is 4.47. The summed E-state index contributed by atoms with van der Waals surface area (Å²) in [5.74, 6) is -1.02. The molecule has 6 nitrogen and oxygen atoms in total. The van der Waals surface area contributed by atoms with Crippen LogP contribution >= 0.6 is 11.6 Å². The second-order valence-electron chi connectivity index (χ2n) is 6.98. The number of hydrogen-bond acceptors (Lipinski definition) is 3. The highest BCUT2D eigenvalue weighted by atomic mass is 35.5. The molecule has 1 spiro atoms. The number of rotatable bonds is 2. The van der Waals surface area contributed by atoms with Gasteiger partial charge in [-0.3, -0.25) is 14.8 Å². The van der Waals surface area contributed by atoms with Crippen LogP contribution in [0.15, 0.2) is 48.8 Å². The normalized spacial score (nSPS) is 20.2. The van der Waals surface area contributed by atoms with Gasteiger partial charge in [-0.25, -0.2) is 4.79 Å². The minimum absolute atomic E-state index is 0.0470. The number of H-pyrrole nitrogens is 1. The van der Waals surface area contributed by atoms with Crippen LogP contribution < -0.4 is 4.90 Å². The standard InChI is InChI=1S/C20H14ClN3O3/c21-14-3-4-16-17(6-14)24(15-9-22-23-10-15)19(27)20(16)7-12-2-1-11(18(25)26)5-13(12)8-20/h1-6,9-10H,7-8H2,(H,22,23)(H,25,26).